The van der Waals surface area contributed by atoms with E-state index >= 15 is 0 Å². The molecule has 35 heavy (non-hydrogen) atoms. The van der Waals surface area contributed by atoms with Crippen LogP contribution >= 0.6 is 0 Å². The van der Waals surface area contributed by atoms with Crippen molar-refractivity contribution >= 4 is 23.8 Å². The van der Waals surface area contributed by atoms with Crippen LogP contribution in [0.25, 0.3) is 0 Å². The van der Waals surface area contributed by atoms with Gasteiger partial charge in [-0.05, 0) is 17.5 Å². The Labute approximate surface area is 206 Å². The van der Waals surface area contributed by atoms with Gasteiger partial charge in [-0.1, -0.05) is 60.7 Å². The lowest BCUT2D eigenvalue weighted by Gasteiger charge is -2.08. The van der Waals surface area contributed by atoms with Crippen LogP contribution in [0.1, 0.15) is 43.2 Å². The molecule has 0 unspecified atom stereocenters. The van der Waals surface area contributed by atoms with E-state index in [0.717, 1.165) is 11.1 Å². The van der Waals surface area contributed by atoms with E-state index in [0.29, 0.717) is 32.4 Å². The molecule has 0 atom stereocenters. The van der Waals surface area contributed by atoms with E-state index in [9.17, 15) is 19.2 Å². The van der Waals surface area contributed by atoms with Gasteiger partial charge >= 0.3 is 11.9 Å². The Morgan fingerprint density at radius 1 is 0.571 bits per heavy atom. The van der Waals surface area contributed by atoms with Crippen molar-refractivity contribution in [3.63, 3.8) is 0 Å². The zero-order valence-electron chi connectivity index (χ0n) is 20.0. The van der Waals surface area contributed by atoms with E-state index in [-0.39, 0.29) is 50.7 Å². The second-order valence-electron chi connectivity index (χ2n) is 7.97. The predicted molar refractivity (Wildman–Crippen MR) is 131 cm³/mol. The predicted octanol–water partition coefficient (Wildman–Crippen LogP) is 2.74. The third kappa shape index (κ3) is 13.6. The van der Waals surface area contributed by atoms with E-state index < -0.39 is 11.9 Å². The third-order valence-corrected chi connectivity index (χ3v) is 5.10. The molecule has 0 aliphatic rings. The van der Waals surface area contributed by atoms with Crippen molar-refractivity contribution in [3.8, 4) is 0 Å². The highest BCUT2D eigenvalue weighted by Crippen LogP contribution is 2.02. The first-order chi connectivity index (χ1) is 17.0. The summed E-state index contributed by atoms with van der Waals surface area (Å²) in [7, 11) is 0. The second kappa shape index (κ2) is 16.9. The molecule has 2 rings (SSSR count). The smallest absolute Gasteiger partial charge is 0.306 e. The van der Waals surface area contributed by atoms with Gasteiger partial charge in [0, 0.05) is 38.8 Å². The van der Waals surface area contributed by atoms with Crippen molar-refractivity contribution < 1.29 is 28.7 Å². The first kappa shape index (κ1) is 27.6. The summed E-state index contributed by atoms with van der Waals surface area (Å²) in [6.07, 6.45) is 1.99. The van der Waals surface area contributed by atoms with Crippen molar-refractivity contribution in [2.45, 2.75) is 44.9 Å². The lowest BCUT2D eigenvalue weighted by Crippen LogP contribution is -2.30. The normalized spacial score (nSPS) is 10.3. The lowest BCUT2D eigenvalue weighted by atomic mass is 10.2. The van der Waals surface area contributed by atoms with Crippen molar-refractivity contribution in [2.24, 2.45) is 0 Å². The van der Waals surface area contributed by atoms with Gasteiger partial charge in [0.1, 0.15) is 0 Å². The molecule has 2 amide bonds. The molecular weight excluding hydrogens is 448 g/mol. The number of rotatable bonds is 16. The van der Waals surface area contributed by atoms with Crippen LogP contribution in [0.5, 0.6) is 0 Å². The van der Waals surface area contributed by atoms with Gasteiger partial charge in [-0.2, -0.15) is 0 Å². The number of carbonyl (C=O) groups excluding carboxylic acids is 4. The first-order valence-electron chi connectivity index (χ1n) is 12.0. The minimum absolute atomic E-state index is 0.0266. The molecule has 8 heteroatoms. The Balaban J connectivity index is 1.41. The van der Waals surface area contributed by atoms with Crippen LogP contribution in [-0.2, 0) is 41.5 Å². The topological polar surface area (TPSA) is 111 Å². The summed E-state index contributed by atoms with van der Waals surface area (Å²) in [5.74, 6) is -1.28. The second-order valence-corrected chi connectivity index (χ2v) is 7.97. The van der Waals surface area contributed by atoms with E-state index in [4.69, 9.17) is 9.47 Å². The maximum atomic E-state index is 11.8. The molecule has 0 radical (unpaired) electrons. The zero-order valence-corrected chi connectivity index (χ0v) is 20.0. The molecule has 0 fully saturated rings. The molecular formula is C27H34N2O6. The highest BCUT2D eigenvalue weighted by atomic mass is 16.5. The number of ether oxygens (including phenoxy) is 2. The van der Waals surface area contributed by atoms with Crippen LogP contribution in [0.2, 0.25) is 0 Å². The van der Waals surface area contributed by atoms with Crippen LogP contribution in [0.15, 0.2) is 60.7 Å². The third-order valence-electron chi connectivity index (χ3n) is 5.10. The Bertz CT molecular complexity index is 842. The monoisotopic (exact) mass is 482 g/mol. The summed E-state index contributed by atoms with van der Waals surface area (Å²) < 4.78 is 10.3. The molecule has 0 aliphatic heterocycles. The van der Waals surface area contributed by atoms with Crippen molar-refractivity contribution in [3.05, 3.63) is 71.8 Å². The molecule has 2 N–H and O–H groups in total. The minimum Gasteiger partial charge on any atom is -0.465 e. The fraction of sp³-hybridized carbons (Fsp3) is 0.407. The minimum atomic E-state index is -0.401. The average molecular weight is 483 g/mol. The number of benzene rings is 2. The molecule has 0 spiro atoms. The Morgan fingerprint density at radius 3 is 1.37 bits per heavy atom. The summed E-state index contributed by atoms with van der Waals surface area (Å²) in [6, 6.07) is 19.4. The van der Waals surface area contributed by atoms with Gasteiger partial charge in [0.15, 0.2) is 0 Å². The lowest BCUT2D eigenvalue weighted by molar-refractivity contribution is -0.145. The standard InChI is InChI=1S/C27H34N2O6/c30-24(12-14-26(32)34-20-16-22-8-3-1-4-9-22)28-18-7-19-29-25(31)13-15-27(33)35-21-17-23-10-5-2-6-11-23/h1-6,8-11H,7,12-21H2,(H,28,30)(H,29,31). The molecule has 8 nitrogen and oxygen atoms in total. The number of hydrogen-bond acceptors (Lipinski definition) is 6. The number of carbonyl (C=O) groups is 4. The highest BCUT2D eigenvalue weighted by Gasteiger charge is 2.09. The van der Waals surface area contributed by atoms with Crippen LogP contribution in [0, 0.1) is 0 Å². The average Bonchev–Trinajstić information content (AvgIpc) is 2.87. The van der Waals surface area contributed by atoms with Crippen molar-refractivity contribution in [1.82, 2.24) is 10.6 Å². The van der Waals surface area contributed by atoms with Gasteiger partial charge in [0.25, 0.3) is 0 Å². The van der Waals surface area contributed by atoms with Gasteiger partial charge in [-0.15, -0.1) is 0 Å². The van der Waals surface area contributed by atoms with Crippen LogP contribution in [0.3, 0.4) is 0 Å². The molecule has 0 saturated heterocycles. The fourth-order valence-electron chi connectivity index (χ4n) is 3.15. The number of amides is 2. The van der Waals surface area contributed by atoms with Crippen LogP contribution in [-0.4, -0.2) is 50.1 Å². The van der Waals surface area contributed by atoms with E-state index in [2.05, 4.69) is 10.6 Å². The van der Waals surface area contributed by atoms with E-state index in [1.165, 1.54) is 0 Å². The van der Waals surface area contributed by atoms with Crippen molar-refractivity contribution in [2.75, 3.05) is 26.3 Å². The number of nitrogens with one attached hydrogen (secondary N) is 2. The summed E-state index contributed by atoms with van der Waals surface area (Å²) in [6.45, 7) is 1.33. The maximum Gasteiger partial charge on any atom is 0.306 e. The van der Waals surface area contributed by atoms with Crippen molar-refractivity contribution in [1.29, 1.82) is 0 Å². The van der Waals surface area contributed by atoms with Gasteiger partial charge in [-0.25, -0.2) is 0 Å². The Hall–Kier alpha value is -3.68. The molecule has 2 aromatic rings. The van der Waals surface area contributed by atoms with E-state index in [1.807, 2.05) is 60.7 Å². The highest BCUT2D eigenvalue weighted by molar-refractivity contribution is 5.81. The number of hydrogen-bond donors (Lipinski definition) is 2. The van der Waals surface area contributed by atoms with Gasteiger partial charge in [0.05, 0.1) is 26.1 Å². The summed E-state index contributed by atoms with van der Waals surface area (Å²) in [5, 5.41) is 5.42. The summed E-state index contributed by atoms with van der Waals surface area (Å²) in [4.78, 5) is 47.2. The largest absolute Gasteiger partial charge is 0.465 e. The molecule has 0 aromatic heterocycles. The van der Waals surface area contributed by atoms with Gasteiger partial charge < -0.3 is 20.1 Å². The molecule has 0 saturated carbocycles. The van der Waals surface area contributed by atoms with Crippen LogP contribution < -0.4 is 10.6 Å². The molecule has 188 valence electrons. The zero-order chi connectivity index (χ0) is 25.1. The fourth-order valence-corrected chi connectivity index (χ4v) is 3.15. The summed E-state index contributed by atoms with van der Waals surface area (Å²) >= 11 is 0. The molecule has 0 bridgehead atoms. The SMILES string of the molecule is O=C(CCC(=O)OCCc1ccccc1)NCCCNC(=O)CCC(=O)OCCc1ccccc1. The Morgan fingerprint density at radius 2 is 0.971 bits per heavy atom. The quantitative estimate of drug-likeness (QED) is 0.281. The molecule has 2 aromatic carbocycles. The van der Waals surface area contributed by atoms with Crippen LogP contribution in [0.4, 0.5) is 0 Å². The Kier molecular flexibility index (Phi) is 13.3. The maximum absolute atomic E-state index is 11.8. The summed E-state index contributed by atoms with van der Waals surface area (Å²) in [5.41, 5.74) is 2.17. The van der Waals surface area contributed by atoms with E-state index in [1.54, 1.807) is 0 Å². The van der Waals surface area contributed by atoms with Gasteiger partial charge in [-0.3, -0.25) is 19.2 Å². The molecule has 0 heterocycles. The number of esters is 2. The molecule has 0 aliphatic carbocycles. The first-order valence-corrected chi connectivity index (χ1v) is 12.0. The van der Waals surface area contributed by atoms with Gasteiger partial charge in [0.2, 0.25) is 11.8 Å².